The zero-order valence-corrected chi connectivity index (χ0v) is 12.7. The fraction of sp³-hybridized carbons (Fsp3) is 0.929. The molecule has 1 aliphatic rings. The minimum atomic E-state index is -0.594. The molecule has 0 aromatic carbocycles. The Kier molecular flexibility index (Phi) is 10.5. The lowest BCUT2D eigenvalue weighted by Crippen LogP contribution is -2.43. The van der Waals surface area contributed by atoms with E-state index in [0.717, 1.165) is 25.9 Å². The van der Waals surface area contributed by atoms with Crippen LogP contribution < -0.4 is 0 Å². The Bertz CT molecular complexity index is 189. The molecular weight excluding hydrogens is 214 g/mol. The van der Waals surface area contributed by atoms with Crippen molar-refractivity contribution in [3.8, 4) is 0 Å². The topological polar surface area (TPSA) is 40.5 Å². The minimum Gasteiger partial charge on any atom is -0.390 e. The Morgan fingerprint density at radius 3 is 1.71 bits per heavy atom. The molecule has 3 heteroatoms. The van der Waals surface area contributed by atoms with E-state index < -0.39 is 5.60 Å². The summed E-state index contributed by atoms with van der Waals surface area (Å²) in [5.41, 5.74) is -0.594. The molecule has 3 nitrogen and oxygen atoms in total. The van der Waals surface area contributed by atoms with Crippen LogP contribution in [-0.4, -0.2) is 34.6 Å². The number of hydrogen-bond donors (Lipinski definition) is 1. The lowest BCUT2D eigenvalue weighted by Gasteiger charge is -2.37. The van der Waals surface area contributed by atoms with Gasteiger partial charge >= 0.3 is 0 Å². The Morgan fingerprint density at radius 2 is 1.47 bits per heavy atom. The summed E-state index contributed by atoms with van der Waals surface area (Å²) in [6.45, 7) is 14.9. The summed E-state index contributed by atoms with van der Waals surface area (Å²) in [6.07, 6.45) is 1.84. The predicted molar refractivity (Wildman–Crippen MR) is 74.0 cm³/mol. The molecule has 1 N–H and O–H groups in total. The van der Waals surface area contributed by atoms with E-state index in [9.17, 15) is 9.90 Å². The van der Waals surface area contributed by atoms with E-state index in [-0.39, 0.29) is 5.91 Å². The van der Waals surface area contributed by atoms with E-state index in [1.807, 2.05) is 46.4 Å². The highest BCUT2D eigenvalue weighted by molar-refractivity contribution is 5.73. The molecule has 1 rings (SSSR count). The fourth-order valence-electron chi connectivity index (χ4n) is 1.90. The molecule has 0 aliphatic carbocycles. The van der Waals surface area contributed by atoms with Crippen LogP contribution in [0.3, 0.4) is 0 Å². The van der Waals surface area contributed by atoms with E-state index in [0.29, 0.717) is 5.92 Å². The zero-order valence-electron chi connectivity index (χ0n) is 12.7. The molecular formula is C14H31NO2. The van der Waals surface area contributed by atoms with Crippen LogP contribution in [0.5, 0.6) is 0 Å². The summed E-state index contributed by atoms with van der Waals surface area (Å²) >= 11 is 0. The van der Waals surface area contributed by atoms with Gasteiger partial charge in [-0.2, -0.15) is 0 Å². The Labute approximate surface area is 107 Å². The number of hydrogen-bond acceptors (Lipinski definition) is 2. The molecule has 17 heavy (non-hydrogen) atoms. The van der Waals surface area contributed by atoms with Gasteiger partial charge in [-0.1, -0.05) is 27.7 Å². The van der Waals surface area contributed by atoms with Gasteiger partial charge in [-0.05, 0) is 32.6 Å². The summed E-state index contributed by atoms with van der Waals surface area (Å²) < 4.78 is 0. The number of piperidine rings is 1. The van der Waals surface area contributed by atoms with E-state index in [1.165, 1.54) is 0 Å². The van der Waals surface area contributed by atoms with E-state index >= 15 is 0 Å². The summed E-state index contributed by atoms with van der Waals surface area (Å²) in [6, 6.07) is 0. The van der Waals surface area contributed by atoms with Gasteiger partial charge in [-0.25, -0.2) is 0 Å². The van der Waals surface area contributed by atoms with Crippen LogP contribution in [0.2, 0.25) is 0 Å². The first-order valence-corrected chi connectivity index (χ1v) is 6.89. The molecule has 0 spiro atoms. The number of rotatable bonds is 1. The second-order valence-electron chi connectivity index (χ2n) is 4.43. The fourth-order valence-corrected chi connectivity index (χ4v) is 1.90. The molecule has 0 aromatic heterocycles. The van der Waals surface area contributed by atoms with Crippen molar-refractivity contribution in [3.05, 3.63) is 0 Å². The lowest BCUT2D eigenvalue weighted by atomic mass is 9.83. The van der Waals surface area contributed by atoms with Crippen LogP contribution in [0.15, 0.2) is 0 Å². The van der Waals surface area contributed by atoms with Crippen LogP contribution in [-0.2, 0) is 4.79 Å². The minimum absolute atomic E-state index is 0.147. The number of likely N-dealkylation sites (tertiary alicyclic amines) is 1. The van der Waals surface area contributed by atoms with E-state index in [2.05, 4.69) is 0 Å². The molecule has 1 fully saturated rings. The third-order valence-electron chi connectivity index (χ3n) is 2.94. The van der Waals surface area contributed by atoms with Crippen molar-refractivity contribution in [1.29, 1.82) is 0 Å². The predicted octanol–water partition coefficient (Wildman–Crippen LogP) is 3.07. The van der Waals surface area contributed by atoms with Gasteiger partial charge < -0.3 is 10.0 Å². The second-order valence-corrected chi connectivity index (χ2v) is 4.43. The average Bonchev–Trinajstić information content (AvgIpc) is 2.33. The first-order chi connectivity index (χ1) is 7.91. The van der Waals surface area contributed by atoms with Crippen molar-refractivity contribution in [2.24, 2.45) is 5.92 Å². The van der Waals surface area contributed by atoms with Crippen LogP contribution >= 0.6 is 0 Å². The van der Waals surface area contributed by atoms with Crippen LogP contribution in [0.25, 0.3) is 0 Å². The van der Waals surface area contributed by atoms with Crippen molar-refractivity contribution in [1.82, 2.24) is 4.90 Å². The van der Waals surface area contributed by atoms with Gasteiger partial charge in [0.25, 0.3) is 0 Å². The van der Waals surface area contributed by atoms with Gasteiger partial charge in [0.05, 0.1) is 5.60 Å². The molecule has 0 radical (unpaired) electrons. The monoisotopic (exact) mass is 245 g/mol. The molecule has 0 aromatic rings. The molecule has 1 amide bonds. The quantitative estimate of drug-likeness (QED) is 0.771. The molecule has 1 aliphatic heterocycles. The third kappa shape index (κ3) is 7.37. The number of aliphatic hydroxyl groups is 1. The molecule has 0 unspecified atom stereocenters. The molecule has 1 saturated heterocycles. The molecule has 0 atom stereocenters. The first kappa shape index (κ1) is 18.8. The van der Waals surface area contributed by atoms with Crippen molar-refractivity contribution >= 4 is 5.91 Å². The van der Waals surface area contributed by atoms with Crippen molar-refractivity contribution in [2.75, 3.05) is 13.1 Å². The highest BCUT2D eigenvalue weighted by atomic mass is 16.3. The number of carbonyl (C=O) groups is 1. The second kappa shape index (κ2) is 9.46. The largest absolute Gasteiger partial charge is 0.390 e. The maximum Gasteiger partial charge on any atom is 0.219 e. The van der Waals surface area contributed by atoms with Gasteiger partial charge in [0.15, 0.2) is 0 Å². The molecule has 104 valence electrons. The number of nitrogens with zero attached hydrogens (tertiary/aromatic N) is 1. The van der Waals surface area contributed by atoms with Gasteiger partial charge in [-0.3, -0.25) is 4.79 Å². The summed E-state index contributed by atoms with van der Waals surface area (Å²) in [5, 5.41) is 9.76. The maximum absolute atomic E-state index is 11.0. The van der Waals surface area contributed by atoms with Gasteiger partial charge in [0.1, 0.15) is 0 Å². The SMILES string of the molecule is CC.CC.CC(=O)N1CCC(C(C)(C)O)CC1. The van der Waals surface area contributed by atoms with Crippen molar-refractivity contribution in [2.45, 2.75) is 66.9 Å². The van der Waals surface area contributed by atoms with Crippen LogP contribution in [0, 0.1) is 5.92 Å². The van der Waals surface area contributed by atoms with Gasteiger partial charge in [0, 0.05) is 20.0 Å². The van der Waals surface area contributed by atoms with Gasteiger partial charge in [0.2, 0.25) is 5.91 Å². The lowest BCUT2D eigenvalue weighted by molar-refractivity contribution is -0.131. The normalized spacial score (nSPS) is 16.4. The zero-order chi connectivity index (χ0) is 14.1. The molecule has 1 heterocycles. The molecule has 0 bridgehead atoms. The number of amides is 1. The standard InChI is InChI=1S/C10H19NO2.2C2H6/c1-8(12)11-6-4-9(5-7-11)10(2,3)13;2*1-2/h9,13H,4-7H2,1-3H3;2*1-2H3. The Balaban J connectivity index is 0. The summed E-state index contributed by atoms with van der Waals surface area (Å²) in [4.78, 5) is 12.9. The van der Waals surface area contributed by atoms with E-state index in [1.54, 1.807) is 6.92 Å². The smallest absolute Gasteiger partial charge is 0.219 e. The maximum atomic E-state index is 11.0. The summed E-state index contributed by atoms with van der Waals surface area (Å²) in [7, 11) is 0. The molecule has 0 saturated carbocycles. The average molecular weight is 245 g/mol. The Hall–Kier alpha value is -0.570. The van der Waals surface area contributed by atoms with Crippen LogP contribution in [0.4, 0.5) is 0 Å². The van der Waals surface area contributed by atoms with E-state index in [4.69, 9.17) is 0 Å². The first-order valence-electron chi connectivity index (χ1n) is 6.89. The highest BCUT2D eigenvalue weighted by Gasteiger charge is 2.30. The van der Waals surface area contributed by atoms with Crippen LogP contribution in [0.1, 0.15) is 61.3 Å². The number of carbonyl (C=O) groups excluding carboxylic acids is 1. The highest BCUT2D eigenvalue weighted by Crippen LogP contribution is 2.27. The van der Waals surface area contributed by atoms with Crippen molar-refractivity contribution in [3.63, 3.8) is 0 Å². The van der Waals surface area contributed by atoms with Crippen molar-refractivity contribution < 1.29 is 9.90 Å². The summed E-state index contributed by atoms with van der Waals surface area (Å²) in [5.74, 6) is 0.484. The van der Waals surface area contributed by atoms with Gasteiger partial charge in [-0.15, -0.1) is 0 Å². The third-order valence-corrected chi connectivity index (χ3v) is 2.94. The Morgan fingerprint density at radius 1 is 1.12 bits per heavy atom.